The van der Waals surface area contributed by atoms with Crippen LogP contribution in [0.5, 0.6) is 17.2 Å². The number of nitrogens with zero attached hydrogens (tertiary/aromatic N) is 2. The van der Waals surface area contributed by atoms with Gasteiger partial charge < -0.3 is 18.9 Å². The third kappa shape index (κ3) is 5.76. The minimum Gasteiger partial charge on any atom is -0.493 e. The van der Waals surface area contributed by atoms with Crippen molar-refractivity contribution in [3.05, 3.63) is 84.5 Å². The van der Waals surface area contributed by atoms with E-state index in [1.54, 1.807) is 45.2 Å². The summed E-state index contributed by atoms with van der Waals surface area (Å²) in [5.74, 6) is 3.53. The van der Waals surface area contributed by atoms with Gasteiger partial charge in [-0.15, -0.1) is 6.42 Å². The largest absolute Gasteiger partial charge is 0.493 e. The van der Waals surface area contributed by atoms with E-state index < -0.39 is 12.0 Å². The number of carbonyl (C=O) groups excluding carboxylic acids is 1. The molecule has 1 aromatic heterocycles. The normalized spacial score (nSPS) is 14.9. The number of rotatable bonds is 9. The predicted octanol–water partition coefficient (Wildman–Crippen LogP) is 3.61. The molecule has 0 aliphatic carbocycles. The van der Waals surface area contributed by atoms with Crippen LogP contribution in [-0.4, -0.2) is 37.0 Å². The van der Waals surface area contributed by atoms with Gasteiger partial charge in [-0.05, 0) is 57.5 Å². The first-order valence-corrected chi connectivity index (χ1v) is 13.3. The summed E-state index contributed by atoms with van der Waals surface area (Å²) < 4.78 is 24.5. The quantitative estimate of drug-likeness (QED) is 0.301. The molecule has 2 heterocycles. The van der Waals surface area contributed by atoms with Crippen molar-refractivity contribution in [1.82, 2.24) is 4.57 Å². The van der Waals surface area contributed by atoms with E-state index in [-0.39, 0.29) is 30.5 Å². The van der Waals surface area contributed by atoms with E-state index >= 15 is 0 Å². The fourth-order valence-corrected chi connectivity index (χ4v) is 5.34. The van der Waals surface area contributed by atoms with Crippen molar-refractivity contribution in [3.63, 3.8) is 0 Å². The van der Waals surface area contributed by atoms with E-state index in [2.05, 4.69) is 10.9 Å². The van der Waals surface area contributed by atoms with E-state index in [1.807, 2.05) is 38.1 Å². The lowest BCUT2D eigenvalue weighted by Gasteiger charge is -2.25. The number of carbonyl (C=O) groups is 1. The SMILES string of the molecule is C#CCOc1ccccc1/C=c1/sc2n(c1=O)[C@@H](c1ccc(OC(C)C)c(OC)c1)C(C(=O)OCC)=C(C)N=2. The van der Waals surface area contributed by atoms with E-state index in [9.17, 15) is 9.59 Å². The Labute approximate surface area is 230 Å². The number of methoxy groups -OCH3 is 1. The summed E-state index contributed by atoms with van der Waals surface area (Å²) in [6, 6.07) is 11.9. The molecule has 4 rings (SSSR count). The molecule has 0 spiro atoms. The second-order valence-corrected chi connectivity index (χ2v) is 9.92. The molecule has 1 aliphatic heterocycles. The molecule has 0 fully saturated rings. The van der Waals surface area contributed by atoms with Crippen molar-refractivity contribution in [2.24, 2.45) is 4.99 Å². The molecule has 9 heteroatoms. The molecule has 1 atom stereocenters. The monoisotopic (exact) mass is 546 g/mol. The van der Waals surface area contributed by atoms with Gasteiger partial charge in [-0.25, -0.2) is 9.79 Å². The number of thiazole rings is 1. The number of terminal acetylenes is 1. The lowest BCUT2D eigenvalue weighted by Crippen LogP contribution is -2.40. The summed E-state index contributed by atoms with van der Waals surface area (Å²) >= 11 is 1.23. The summed E-state index contributed by atoms with van der Waals surface area (Å²) in [6.45, 7) is 7.61. The topological polar surface area (TPSA) is 88.3 Å². The van der Waals surface area contributed by atoms with Crippen LogP contribution in [0.3, 0.4) is 0 Å². The lowest BCUT2D eigenvalue weighted by atomic mass is 9.95. The van der Waals surface area contributed by atoms with Gasteiger partial charge in [0, 0.05) is 5.56 Å². The van der Waals surface area contributed by atoms with Gasteiger partial charge in [0.2, 0.25) is 0 Å². The first-order chi connectivity index (χ1) is 18.8. The standard InChI is InChI=1S/C30H30N2O6S/c1-7-15-37-22-12-10-9-11-20(22)17-25-28(33)32-27(21-13-14-23(38-18(3)4)24(16-21)35-6)26(29(34)36-8-2)19(5)31-30(32)39-25/h1,9-14,16-18,27H,8,15H2,2-6H3/b25-17+/t27-/m0/s1. The zero-order valence-corrected chi connectivity index (χ0v) is 23.3. The number of para-hydroxylation sites is 1. The Kier molecular flexibility index (Phi) is 8.57. The second-order valence-electron chi connectivity index (χ2n) is 8.91. The molecule has 0 radical (unpaired) electrons. The minimum atomic E-state index is -0.780. The molecule has 1 aliphatic rings. The maximum absolute atomic E-state index is 13.9. The van der Waals surface area contributed by atoms with Gasteiger partial charge >= 0.3 is 5.97 Å². The molecule has 8 nitrogen and oxygen atoms in total. The van der Waals surface area contributed by atoms with Crippen molar-refractivity contribution in [2.45, 2.75) is 39.8 Å². The van der Waals surface area contributed by atoms with Crippen LogP contribution >= 0.6 is 11.3 Å². The van der Waals surface area contributed by atoms with Crippen LogP contribution in [-0.2, 0) is 9.53 Å². The Balaban J connectivity index is 1.93. The average molecular weight is 547 g/mol. The Hall–Kier alpha value is -4.29. The molecule has 0 saturated carbocycles. The van der Waals surface area contributed by atoms with Gasteiger partial charge in [0.05, 0.1) is 41.7 Å². The highest BCUT2D eigenvalue weighted by molar-refractivity contribution is 7.07. The number of hydrogen-bond acceptors (Lipinski definition) is 8. The molecule has 2 aromatic carbocycles. The molecule has 39 heavy (non-hydrogen) atoms. The Morgan fingerprint density at radius 2 is 1.97 bits per heavy atom. The highest BCUT2D eigenvalue weighted by atomic mass is 32.1. The lowest BCUT2D eigenvalue weighted by molar-refractivity contribution is -0.139. The Morgan fingerprint density at radius 3 is 2.67 bits per heavy atom. The summed E-state index contributed by atoms with van der Waals surface area (Å²) in [6.07, 6.45) is 7.04. The van der Waals surface area contributed by atoms with Gasteiger partial charge in [-0.3, -0.25) is 9.36 Å². The number of esters is 1. The number of benzene rings is 2. The van der Waals surface area contributed by atoms with Crippen LogP contribution in [0.25, 0.3) is 6.08 Å². The van der Waals surface area contributed by atoms with Crippen LogP contribution in [0.2, 0.25) is 0 Å². The summed E-state index contributed by atoms with van der Waals surface area (Å²) in [7, 11) is 1.55. The fourth-order valence-electron chi connectivity index (χ4n) is 4.30. The highest BCUT2D eigenvalue weighted by Gasteiger charge is 2.34. The van der Waals surface area contributed by atoms with Crippen molar-refractivity contribution in [2.75, 3.05) is 20.3 Å². The van der Waals surface area contributed by atoms with Crippen molar-refractivity contribution in [3.8, 4) is 29.6 Å². The molecule has 202 valence electrons. The zero-order valence-electron chi connectivity index (χ0n) is 22.5. The Morgan fingerprint density at radius 1 is 1.21 bits per heavy atom. The number of ether oxygens (including phenoxy) is 4. The summed E-state index contributed by atoms with van der Waals surface area (Å²) in [4.78, 5) is 32.2. The van der Waals surface area contributed by atoms with Gasteiger partial charge in [0.1, 0.15) is 12.4 Å². The smallest absolute Gasteiger partial charge is 0.338 e. The molecule has 0 amide bonds. The van der Waals surface area contributed by atoms with E-state index in [0.717, 1.165) is 0 Å². The van der Waals surface area contributed by atoms with Gasteiger partial charge in [0.15, 0.2) is 16.3 Å². The van der Waals surface area contributed by atoms with Crippen LogP contribution in [0.4, 0.5) is 0 Å². The Bertz CT molecular complexity index is 1640. The summed E-state index contributed by atoms with van der Waals surface area (Å²) in [5, 5.41) is 0. The maximum Gasteiger partial charge on any atom is 0.338 e. The van der Waals surface area contributed by atoms with Gasteiger partial charge in [0.25, 0.3) is 5.56 Å². The van der Waals surface area contributed by atoms with E-state index in [0.29, 0.717) is 43.4 Å². The predicted molar refractivity (Wildman–Crippen MR) is 150 cm³/mol. The van der Waals surface area contributed by atoms with Gasteiger partial charge in [-0.2, -0.15) is 0 Å². The van der Waals surface area contributed by atoms with E-state index in [1.165, 1.54) is 15.9 Å². The maximum atomic E-state index is 13.9. The summed E-state index contributed by atoms with van der Waals surface area (Å²) in [5.41, 5.74) is 1.82. The van der Waals surface area contributed by atoms with Crippen LogP contribution in [0, 0.1) is 12.3 Å². The first-order valence-electron chi connectivity index (χ1n) is 12.5. The van der Waals surface area contributed by atoms with Crippen LogP contribution in [0.1, 0.15) is 44.9 Å². The zero-order chi connectivity index (χ0) is 28.1. The molecular formula is C30H30N2O6S. The van der Waals surface area contributed by atoms with Gasteiger partial charge in [-0.1, -0.05) is 41.5 Å². The molecule has 0 saturated heterocycles. The molecule has 3 aromatic rings. The van der Waals surface area contributed by atoms with Crippen LogP contribution in [0.15, 0.2) is 63.5 Å². The minimum absolute atomic E-state index is 0.0628. The highest BCUT2D eigenvalue weighted by Crippen LogP contribution is 2.36. The third-order valence-electron chi connectivity index (χ3n) is 5.90. The van der Waals surface area contributed by atoms with Crippen molar-refractivity contribution in [1.29, 1.82) is 0 Å². The second kappa shape index (κ2) is 12.0. The molecule has 0 unspecified atom stereocenters. The fraction of sp³-hybridized carbons (Fsp3) is 0.300. The number of hydrogen-bond donors (Lipinski definition) is 0. The molecular weight excluding hydrogens is 516 g/mol. The molecule has 0 N–H and O–H groups in total. The number of fused-ring (bicyclic) bond motifs is 1. The third-order valence-corrected chi connectivity index (χ3v) is 6.88. The van der Waals surface area contributed by atoms with Crippen molar-refractivity contribution >= 4 is 23.4 Å². The molecule has 0 bridgehead atoms. The van der Waals surface area contributed by atoms with Crippen molar-refractivity contribution < 1.29 is 23.7 Å². The average Bonchev–Trinajstić information content (AvgIpc) is 3.21. The number of allylic oxidation sites excluding steroid dienone is 1. The first kappa shape index (κ1) is 27.7. The van der Waals surface area contributed by atoms with Crippen LogP contribution < -0.4 is 29.1 Å². The van der Waals surface area contributed by atoms with E-state index in [4.69, 9.17) is 25.4 Å². The number of aromatic nitrogens is 1.